The first-order valence-corrected chi connectivity index (χ1v) is 10.7. The van der Waals surface area contributed by atoms with Gasteiger partial charge in [0.1, 0.15) is 23.4 Å². The highest BCUT2D eigenvalue weighted by atomic mass is 19.1. The summed E-state index contributed by atoms with van der Waals surface area (Å²) in [6, 6.07) is 10.8. The third-order valence-corrected chi connectivity index (χ3v) is 5.33. The van der Waals surface area contributed by atoms with Gasteiger partial charge in [0.2, 0.25) is 11.8 Å². The smallest absolute Gasteiger partial charge is 0.251 e. The molecule has 0 heterocycles. The molecule has 0 bridgehead atoms. The number of hydrogen-bond acceptors (Lipinski definition) is 6. The van der Waals surface area contributed by atoms with Gasteiger partial charge in [0.25, 0.3) is 5.91 Å². The van der Waals surface area contributed by atoms with Gasteiger partial charge in [0, 0.05) is 26.1 Å². The molecule has 0 aromatic heterocycles. The van der Waals surface area contributed by atoms with E-state index < -0.39 is 36.1 Å². The highest BCUT2D eigenvalue weighted by Crippen LogP contribution is 2.22. The Kier molecular flexibility index (Phi) is 9.52. The fourth-order valence-corrected chi connectivity index (χ4v) is 3.05. The van der Waals surface area contributed by atoms with Crippen molar-refractivity contribution >= 4 is 17.7 Å². The van der Waals surface area contributed by atoms with Gasteiger partial charge in [-0.3, -0.25) is 14.4 Å². The van der Waals surface area contributed by atoms with Gasteiger partial charge in [0.15, 0.2) is 5.79 Å². The fourth-order valence-electron chi connectivity index (χ4n) is 3.05. The van der Waals surface area contributed by atoms with Crippen molar-refractivity contribution in [2.45, 2.75) is 32.1 Å². The predicted octanol–water partition coefficient (Wildman–Crippen LogP) is 2.06. The van der Waals surface area contributed by atoms with E-state index in [1.807, 2.05) is 0 Å². The lowest BCUT2D eigenvalue weighted by Gasteiger charge is -2.35. The highest BCUT2D eigenvalue weighted by molar-refractivity contribution is 5.97. The van der Waals surface area contributed by atoms with Crippen LogP contribution in [0.5, 0.6) is 11.5 Å². The number of methoxy groups -OCH3 is 1. The zero-order valence-corrected chi connectivity index (χ0v) is 19.6. The number of benzene rings is 2. The number of carbonyl (C=O) groups excluding carboxylic acids is 3. The van der Waals surface area contributed by atoms with Crippen LogP contribution in [0.3, 0.4) is 0 Å². The molecule has 0 spiro atoms. The molecule has 2 rings (SSSR count). The van der Waals surface area contributed by atoms with E-state index >= 15 is 0 Å². The van der Waals surface area contributed by atoms with Gasteiger partial charge >= 0.3 is 0 Å². The summed E-state index contributed by atoms with van der Waals surface area (Å²) in [7, 11) is 2.75. The molecule has 2 aromatic rings. The zero-order chi connectivity index (χ0) is 25.3. The Balaban J connectivity index is 2.02. The van der Waals surface area contributed by atoms with Gasteiger partial charge in [-0.1, -0.05) is 6.92 Å². The maximum absolute atomic E-state index is 13.0. The number of halogens is 1. The van der Waals surface area contributed by atoms with Crippen molar-refractivity contribution in [1.29, 1.82) is 0 Å². The Hall–Kier alpha value is -3.50. The third-order valence-electron chi connectivity index (χ3n) is 5.33. The summed E-state index contributed by atoms with van der Waals surface area (Å²) in [5.41, 5.74) is 0.284. The fraction of sp³-hybridized carbons (Fsp3) is 0.375. The number of ether oxygens (including phenoxy) is 2. The van der Waals surface area contributed by atoms with Gasteiger partial charge in [-0.25, -0.2) is 4.39 Å². The van der Waals surface area contributed by atoms with Crippen LogP contribution in [0.15, 0.2) is 48.5 Å². The minimum Gasteiger partial charge on any atom is -0.457 e. The summed E-state index contributed by atoms with van der Waals surface area (Å²) in [5, 5.41) is 15.5. The van der Waals surface area contributed by atoms with E-state index in [2.05, 4.69) is 10.6 Å². The lowest BCUT2D eigenvalue weighted by molar-refractivity contribution is -0.202. The van der Waals surface area contributed by atoms with E-state index in [1.54, 1.807) is 19.1 Å². The molecule has 0 aliphatic heterocycles. The molecular formula is C24H30FN3O6. The van der Waals surface area contributed by atoms with Crippen molar-refractivity contribution in [2.75, 3.05) is 27.2 Å². The number of aliphatic hydroxyl groups is 1. The Morgan fingerprint density at radius 2 is 1.65 bits per heavy atom. The number of hydrogen-bond donors (Lipinski definition) is 3. The Morgan fingerprint density at radius 1 is 1.09 bits per heavy atom. The van der Waals surface area contributed by atoms with Crippen LogP contribution in [-0.2, 0) is 14.3 Å². The molecule has 3 amide bonds. The Morgan fingerprint density at radius 3 is 2.15 bits per heavy atom. The molecule has 0 saturated carbocycles. The molecule has 0 aliphatic carbocycles. The average Bonchev–Trinajstić information content (AvgIpc) is 2.86. The minimum absolute atomic E-state index is 0.187. The van der Waals surface area contributed by atoms with Crippen LogP contribution in [0, 0.1) is 5.82 Å². The first kappa shape index (κ1) is 26.7. The van der Waals surface area contributed by atoms with Gasteiger partial charge in [-0.05, 0) is 55.5 Å². The van der Waals surface area contributed by atoms with Crippen molar-refractivity contribution in [3.63, 3.8) is 0 Å². The van der Waals surface area contributed by atoms with Crippen LogP contribution in [0.2, 0.25) is 0 Å². The Labute approximate surface area is 197 Å². The van der Waals surface area contributed by atoms with Crippen LogP contribution < -0.4 is 15.4 Å². The van der Waals surface area contributed by atoms with Gasteiger partial charge < -0.3 is 30.1 Å². The van der Waals surface area contributed by atoms with Crippen LogP contribution in [0.1, 0.15) is 30.6 Å². The third kappa shape index (κ3) is 7.26. The van der Waals surface area contributed by atoms with E-state index in [0.29, 0.717) is 11.5 Å². The SMILES string of the molecule is CCC(O)(CN(C(=O)CNC(=O)c1ccc(Oc2ccc(F)cc2)cc1)[C@@H](C)C(=O)NC)OC. The molecule has 10 heteroatoms. The molecule has 2 aromatic carbocycles. The van der Waals surface area contributed by atoms with Crippen molar-refractivity contribution < 1.29 is 33.4 Å². The maximum Gasteiger partial charge on any atom is 0.251 e. The zero-order valence-electron chi connectivity index (χ0n) is 19.6. The van der Waals surface area contributed by atoms with Crippen LogP contribution in [-0.4, -0.2) is 66.8 Å². The van der Waals surface area contributed by atoms with Gasteiger partial charge in [-0.15, -0.1) is 0 Å². The number of rotatable bonds is 11. The molecule has 184 valence electrons. The maximum atomic E-state index is 13.0. The van der Waals surface area contributed by atoms with Crippen molar-refractivity contribution in [3.8, 4) is 11.5 Å². The lowest BCUT2D eigenvalue weighted by Crippen LogP contribution is -2.56. The summed E-state index contributed by atoms with van der Waals surface area (Å²) in [5.74, 6) is -2.62. The number of likely N-dealkylation sites (N-methyl/N-ethyl adjacent to an activating group) is 1. The molecule has 3 N–H and O–H groups in total. The molecular weight excluding hydrogens is 445 g/mol. The van der Waals surface area contributed by atoms with E-state index in [1.165, 1.54) is 57.5 Å². The largest absolute Gasteiger partial charge is 0.457 e. The summed E-state index contributed by atoms with van der Waals surface area (Å²) >= 11 is 0. The standard InChI is InChI=1S/C24H30FN3O6/c1-5-24(32,33-4)15-28(16(2)22(30)26-3)21(29)14-27-23(31)17-6-10-19(11-7-17)34-20-12-8-18(25)9-13-20/h6-13,16,32H,5,14-15H2,1-4H3,(H,26,30)(H,27,31)/t16-,24?/m0/s1. The molecule has 0 aliphatic rings. The molecule has 34 heavy (non-hydrogen) atoms. The molecule has 0 fully saturated rings. The molecule has 1 unspecified atom stereocenters. The molecule has 9 nitrogen and oxygen atoms in total. The topological polar surface area (TPSA) is 117 Å². The van der Waals surface area contributed by atoms with Gasteiger partial charge in [0.05, 0.1) is 13.1 Å². The summed E-state index contributed by atoms with van der Waals surface area (Å²) in [4.78, 5) is 38.6. The Bertz CT molecular complexity index is 977. The monoisotopic (exact) mass is 475 g/mol. The van der Waals surface area contributed by atoms with Gasteiger partial charge in [-0.2, -0.15) is 0 Å². The van der Waals surface area contributed by atoms with Crippen molar-refractivity contribution in [1.82, 2.24) is 15.5 Å². The van der Waals surface area contributed by atoms with Crippen molar-refractivity contribution in [3.05, 3.63) is 59.9 Å². The number of carbonyl (C=O) groups is 3. The molecule has 2 atom stereocenters. The van der Waals surface area contributed by atoms with E-state index in [0.717, 1.165) is 4.90 Å². The normalized spacial score (nSPS) is 13.4. The summed E-state index contributed by atoms with van der Waals surface area (Å²) in [6.07, 6.45) is 0.187. The second-order valence-corrected chi connectivity index (χ2v) is 7.58. The van der Waals surface area contributed by atoms with Crippen LogP contribution in [0.25, 0.3) is 0 Å². The lowest BCUT2D eigenvalue weighted by atomic mass is 10.1. The quantitative estimate of drug-likeness (QED) is 0.429. The second kappa shape index (κ2) is 12.1. The first-order chi connectivity index (χ1) is 16.1. The van der Waals surface area contributed by atoms with Crippen molar-refractivity contribution in [2.24, 2.45) is 0 Å². The number of nitrogens with zero attached hydrogens (tertiary/aromatic N) is 1. The minimum atomic E-state index is -1.64. The summed E-state index contributed by atoms with van der Waals surface area (Å²) < 4.78 is 23.7. The molecule has 0 radical (unpaired) electrons. The van der Waals surface area contributed by atoms with Crippen LogP contribution in [0.4, 0.5) is 4.39 Å². The second-order valence-electron chi connectivity index (χ2n) is 7.58. The van der Waals surface area contributed by atoms with E-state index in [4.69, 9.17) is 9.47 Å². The van der Waals surface area contributed by atoms with E-state index in [-0.39, 0.29) is 24.3 Å². The highest BCUT2D eigenvalue weighted by Gasteiger charge is 2.34. The molecule has 0 saturated heterocycles. The van der Waals surface area contributed by atoms with E-state index in [9.17, 15) is 23.9 Å². The summed E-state index contributed by atoms with van der Waals surface area (Å²) in [6.45, 7) is 2.56. The predicted molar refractivity (Wildman–Crippen MR) is 123 cm³/mol. The first-order valence-electron chi connectivity index (χ1n) is 10.7. The average molecular weight is 476 g/mol. The number of nitrogens with one attached hydrogen (secondary N) is 2. The number of amides is 3. The van der Waals surface area contributed by atoms with Crippen LogP contribution >= 0.6 is 0 Å².